The highest BCUT2D eigenvalue weighted by Crippen LogP contribution is 2.10. The number of imidazole rings is 1. The van der Waals surface area contributed by atoms with Crippen molar-refractivity contribution in [2.24, 2.45) is 7.05 Å². The quantitative estimate of drug-likeness (QED) is 0.514. The van der Waals surface area contributed by atoms with Gasteiger partial charge in [0.1, 0.15) is 11.3 Å². The first-order chi connectivity index (χ1) is 11.7. The minimum Gasteiger partial charge on any atom is -0.492 e. The molecule has 0 spiro atoms. The van der Waals surface area contributed by atoms with Crippen LogP contribution in [0.1, 0.15) is 6.42 Å². The number of carbonyl (C=O) groups is 1. The summed E-state index contributed by atoms with van der Waals surface area (Å²) in [5.74, 6) is 1.37. The molecule has 9 heteroatoms. The number of pyridine rings is 1. The van der Waals surface area contributed by atoms with Gasteiger partial charge in [0.05, 0.1) is 25.3 Å². The lowest BCUT2D eigenvalue weighted by molar-refractivity contribution is -0.122. The third kappa shape index (κ3) is 4.90. The summed E-state index contributed by atoms with van der Waals surface area (Å²) in [6.07, 6.45) is 7.76. The average Bonchev–Trinajstić information content (AvgIpc) is 2.97. The molecule has 2 N–H and O–H groups in total. The summed E-state index contributed by atoms with van der Waals surface area (Å²) in [6.45, 7) is 1.10. The van der Waals surface area contributed by atoms with Crippen molar-refractivity contribution in [3.05, 3.63) is 37.1 Å². The van der Waals surface area contributed by atoms with Crippen LogP contribution in [0, 0.1) is 0 Å². The highest BCUT2D eigenvalue weighted by Gasteiger charge is 2.03. The van der Waals surface area contributed by atoms with Crippen molar-refractivity contribution in [1.82, 2.24) is 24.5 Å². The van der Waals surface area contributed by atoms with Crippen molar-refractivity contribution in [2.75, 3.05) is 18.5 Å². The summed E-state index contributed by atoms with van der Waals surface area (Å²) in [7, 11) is 1.92. The number of hydrogen-bond donors (Lipinski definition) is 2. The van der Waals surface area contributed by atoms with E-state index in [1.165, 1.54) is 0 Å². The predicted octanol–water partition coefficient (Wildman–Crippen LogP) is 1.34. The van der Waals surface area contributed by atoms with Crippen LogP contribution in [0.4, 0.5) is 5.95 Å². The number of carboxylic acid groups (broad SMARTS) is 1. The van der Waals surface area contributed by atoms with Gasteiger partial charge in [-0.15, -0.1) is 0 Å². The van der Waals surface area contributed by atoms with E-state index in [2.05, 4.69) is 25.3 Å². The molecule has 0 bridgehead atoms. The second-order valence-corrected chi connectivity index (χ2v) is 4.68. The maximum atomic E-state index is 8.36. The lowest BCUT2D eigenvalue weighted by Crippen LogP contribution is -2.09. The van der Waals surface area contributed by atoms with Crippen LogP contribution >= 0.6 is 0 Å². The maximum Gasteiger partial charge on any atom is 0.290 e. The van der Waals surface area contributed by atoms with E-state index in [1.807, 2.05) is 23.7 Å². The molecule has 3 heterocycles. The standard InChI is InChI=1S/C14H16N6O.CH2O2/c1-20-10-18-13-12(20)9-17-14(19-13)16-6-3-7-21-11-4-2-5-15-8-11;2-1-3/h2,4-5,8-10H,3,6-7H2,1H3,(H,16,17,19);1H,(H,2,3). The van der Waals surface area contributed by atoms with Gasteiger partial charge in [-0.05, 0) is 18.6 Å². The minimum absolute atomic E-state index is 0.250. The number of rotatable bonds is 6. The number of ether oxygens (including phenoxy) is 1. The van der Waals surface area contributed by atoms with E-state index in [9.17, 15) is 0 Å². The summed E-state index contributed by atoms with van der Waals surface area (Å²) < 4.78 is 7.45. The largest absolute Gasteiger partial charge is 0.492 e. The lowest BCUT2D eigenvalue weighted by atomic mass is 10.4. The Morgan fingerprint density at radius 3 is 2.96 bits per heavy atom. The molecular formula is C15H18N6O3. The first-order valence-electron chi connectivity index (χ1n) is 7.23. The minimum atomic E-state index is -0.250. The van der Waals surface area contributed by atoms with Crippen molar-refractivity contribution >= 4 is 23.6 Å². The maximum absolute atomic E-state index is 8.36. The Morgan fingerprint density at radius 1 is 1.38 bits per heavy atom. The number of nitrogens with zero attached hydrogens (tertiary/aromatic N) is 5. The second kappa shape index (κ2) is 9.03. The molecule has 0 fully saturated rings. The lowest BCUT2D eigenvalue weighted by Gasteiger charge is -2.06. The molecular weight excluding hydrogens is 312 g/mol. The van der Waals surface area contributed by atoms with E-state index in [4.69, 9.17) is 14.6 Å². The number of aryl methyl sites for hydroxylation is 1. The molecule has 0 unspecified atom stereocenters. The van der Waals surface area contributed by atoms with E-state index in [0.29, 0.717) is 18.2 Å². The first kappa shape index (κ1) is 17.1. The van der Waals surface area contributed by atoms with Crippen LogP contribution in [0.2, 0.25) is 0 Å². The van der Waals surface area contributed by atoms with Gasteiger partial charge in [0.2, 0.25) is 5.95 Å². The van der Waals surface area contributed by atoms with Crippen molar-refractivity contribution in [1.29, 1.82) is 0 Å². The first-order valence-corrected chi connectivity index (χ1v) is 7.23. The van der Waals surface area contributed by atoms with Gasteiger partial charge >= 0.3 is 0 Å². The Balaban J connectivity index is 0.000000647. The fourth-order valence-electron chi connectivity index (χ4n) is 1.89. The smallest absolute Gasteiger partial charge is 0.290 e. The molecule has 0 aliphatic carbocycles. The molecule has 0 aliphatic rings. The highest BCUT2D eigenvalue weighted by molar-refractivity contribution is 5.70. The predicted molar refractivity (Wildman–Crippen MR) is 87.8 cm³/mol. The molecule has 0 radical (unpaired) electrons. The molecule has 0 aromatic carbocycles. The zero-order valence-corrected chi connectivity index (χ0v) is 13.2. The molecule has 3 aromatic heterocycles. The van der Waals surface area contributed by atoms with Crippen LogP contribution in [0.5, 0.6) is 5.75 Å². The normalized spacial score (nSPS) is 9.88. The molecule has 3 aromatic rings. The van der Waals surface area contributed by atoms with Gasteiger partial charge in [0.25, 0.3) is 6.47 Å². The summed E-state index contributed by atoms with van der Waals surface area (Å²) in [5, 5.41) is 10.1. The zero-order chi connectivity index (χ0) is 17.2. The monoisotopic (exact) mass is 330 g/mol. The van der Waals surface area contributed by atoms with Crippen LogP contribution in [0.3, 0.4) is 0 Å². The van der Waals surface area contributed by atoms with Crippen molar-refractivity contribution < 1.29 is 14.6 Å². The summed E-state index contributed by atoms with van der Waals surface area (Å²) in [6, 6.07) is 3.74. The number of anilines is 1. The third-order valence-electron chi connectivity index (χ3n) is 2.99. The molecule has 9 nitrogen and oxygen atoms in total. The second-order valence-electron chi connectivity index (χ2n) is 4.68. The van der Waals surface area contributed by atoms with Crippen molar-refractivity contribution in [3.63, 3.8) is 0 Å². The van der Waals surface area contributed by atoms with Crippen LogP contribution in [-0.2, 0) is 11.8 Å². The zero-order valence-electron chi connectivity index (χ0n) is 13.2. The fourth-order valence-corrected chi connectivity index (χ4v) is 1.89. The number of hydrogen-bond acceptors (Lipinski definition) is 7. The van der Waals surface area contributed by atoms with E-state index >= 15 is 0 Å². The van der Waals surface area contributed by atoms with Crippen molar-refractivity contribution in [2.45, 2.75) is 6.42 Å². The number of nitrogens with one attached hydrogen (secondary N) is 1. The molecule has 0 saturated heterocycles. The van der Waals surface area contributed by atoms with Crippen LogP contribution in [0.15, 0.2) is 37.1 Å². The molecule has 3 rings (SSSR count). The Kier molecular flexibility index (Phi) is 6.45. The molecule has 0 amide bonds. The number of aromatic nitrogens is 5. The van der Waals surface area contributed by atoms with Crippen LogP contribution in [-0.4, -0.2) is 49.2 Å². The summed E-state index contributed by atoms with van der Waals surface area (Å²) in [4.78, 5) is 25.2. The van der Waals surface area contributed by atoms with E-state index in [1.54, 1.807) is 24.9 Å². The Morgan fingerprint density at radius 2 is 2.21 bits per heavy atom. The Bertz CT molecular complexity index is 762. The summed E-state index contributed by atoms with van der Waals surface area (Å²) in [5.41, 5.74) is 1.61. The average molecular weight is 330 g/mol. The molecule has 126 valence electrons. The van der Waals surface area contributed by atoms with Crippen molar-refractivity contribution in [3.8, 4) is 5.75 Å². The van der Waals surface area contributed by atoms with Gasteiger partial charge in [0, 0.05) is 19.8 Å². The van der Waals surface area contributed by atoms with Gasteiger partial charge in [-0.25, -0.2) is 9.97 Å². The van der Waals surface area contributed by atoms with E-state index in [-0.39, 0.29) is 6.47 Å². The van der Waals surface area contributed by atoms with E-state index in [0.717, 1.165) is 24.2 Å². The molecule has 24 heavy (non-hydrogen) atoms. The molecule has 0 atom stereocenters. The topological polar surface area (TPSA) is 115 Å². The van der Waals surface area contributed by atoms with Gasteiger partial charge < -0.3 is 19.7 Å². The van der Waals surface area contributed by atoms with Gasteiger partial charge in [0.15, 0.2) is 5.65 Å². The van der Waals surface area contributed by atoms with Crippen LogP contribution < -0.4 is 10.1 Å². The highest BCUT2D eigenvalue weighted by atomic mass is 16.5. The third-order valence-corrected chi connectivity index (χ3v) is 2.99. The van der Waals surface area contributed by atoms with Gasteiger partial charge in [-0.3, -0.25) is 9.78 Å². The molecule has 0 aliphatic heterocycles. The SMILES string of the molecule is Cn1cnc2nc(NCCCOc3cccnc3)ncc21.O=CO. The Labute approximate surface area is 138 Å². The summed E-state index contributed by atoms with van der Waals surface area (Å²) >= 11 is 0. The van der Waals surface area contributed by atoms with E-state index < -0.39 is 0 Å². The fraction of sp³-hybridized carbons (Fsp3) is 0.267. The number of fused-ring (bicyclic) bond motifs is 1. The molecule has 0 saturated carbocycles. The van der Waals surface area contributed by atoms with Crippen LogP contribution in [0.25, 0.3) is 11.2 Å². The van der Waals surface area contributed by atoms with Gasteiger partial charge in [-0.2, -0.15) is 4.98 Å². The van der Waals surface area contributed by atoms with Gasteiger partial charge in [-0.1, -0.05) is 0 Å². The Hall–Kier alpha value is -3.23.